The second-order valence-electron chi connectivity index (χ2n) is 4.42. The number of ether oxygens (including phenoxy) is 1. The zero-order chi connectivity index (χ0) is 14.5. The predicted octanol–water partition coefficient (Wildman–Crippen LogP) is 2.30. The Kier molecular flexibility index (Phi) is 4.19. The van der Waals surface area contributed by atoms with Crippen molar-refractivity contribution < 1.29 is 9.66 Å². The lowest BCUT2D eigenvalue weighted by molar-refractivity contribution is -0.384. The Labute approximate surface area is 116 Å². The number of benzene rings is 1. The van der Waals surface area contributed by atoms with Crippen LogP contribution in [0.5, 0.6) is 5.75 Å². The van der Waals surface area contributed by atoms with Gasteiger partial charge in [-0.25, -0.2) is 4.98 Å². The Morgan fingerprint density at radius 3 is 2.95 bits per heavy atom. The molecule has 0 aliphatic heterocycles. The van der Waals surface area contributed by atoms with Crippen LogP contribution in [0.4, 0.5) is 11.4 Å². The molecule has 1 aromatic heterocycles. The largest absolute Gasteiger partial charge is 0.490 e. The van der Waals surface area contributed by atoms with Gasteiger partial charge in [-0.2, -0.15) is 0 Å². The van der Waals surface area contributed by atoms with E-state index in [4.69, 9.17) is 4.74 Å². The fraction of sp³-hybridized carbons (Fsp3) is 0.308. The van der Waals surface area contributed by atoms with Crippen molar-refractivity contribution in [2.75, 3.05) is 12.4 Å². The molecule has 1 unspecified atom stereocenters. The topological polar surface area (TPSA) is 82.2 Å². The minimum absolute atomic E-state index is 0.00926. The monoisotopic (exact) mass is 276 g/mol. The first kappa shape index (κ1) is 13.9. The van der Waals surface area contributed by atoms with E-state index in [9.17, 15) is 10.1 Å². The Balaban J connectivity index is 2.18. The number of methoxy groups -OCH3 is 1. The van der Waals surface area contributed by atoms with Gasteiger partial charge in [0.2, 0.25) is 0 Å². The van der Waals surface area contributed by atoms with Crippen LogP contribution in [0.1, 0.15) is 6.92 Å². The molecule has 0 saturated heterocycles. The van der Waals surface area contributed by atoms with Crippen LogP contribution in [0, 0.1) is 10.1 Å². The van der Waals surface area contributed by atoms with Crippen LogP contribution in [0.25, 0.3) is 0 Å². The van der Waals surface area contributed by atoms with E-state index in [0.29, 0.717) is 12.2 Å². The summed E-state index contributed by atoms with van der Waals surface area (Å²) in [7, 11) is 1.42. The molecule has 0 saturated carbocycles. The van der Waals surface area contributed by atoms with E-state index in [1.54, 1.807) is 30.7 Å². The highest BCUT2D eigenvalue weighted by atomic mass is 16.6. The molecule has 106 valence electrons. The minimum atomic E-state index is -0.439. The maximum Gasteiger partial charge on any atom is 0.333 e. The average molecular weight is 276 g/mol. The highest BCUT2D eigenvalue weighted by molar-refractivity contribution is 5.68. The van der Waals surface area contributed by atoms with Crippen LogP contribution in [0.2, 0.25) is 0 Å². The third-order valence-corrected chi connectivity index (χ3v) is 2.85. The zero-order valence-corrected chi connectivity index (χ0v) is 11.3. The number of hydrogen-bond acceptors (Lipinski definition) is 5. The van der Waals surface area contributed by atoms with Gasteiger partial charge < -0.3 is 14.6 Å². The van der Waals surface area contributed by atoms with Crippen LogP contribution in [0.3, 0.4) is 0 Å². The molecule has 0 aliphatic rings. The first-order chi connectivity index (χ1) is 9.61. The second-order valence-corrected chi connectivity index (χ2v) is 4.42. The number of anilines is 1. The van der Waals surface area contributed by atoms with Crippen LogP contribution < -0.4 is 10.1 Å². The lowest BCUT2D eigenvalue weighted by Gasteiger charge is -2.16. The standard InChI is InChI=1S/C13H16N4O3/c1-10(8-16-7-6-14-9-16)15-11-4-3-5-12(20-2)13(11)17(18)19/h3-7,9-10,15H,8H2,1-2H3. The van der Waals surface area contributed by atoms with Crippen molar-refractivity contribution in [3.8, 4) is 5.75 Å². The summed E-state index contributed by atoms with van der Waals surface area (Å²) in [4.78, 5) is 14.7. The summed E-state index contributed by atoms with van der Waals surface area (Å²) in [5, 5.41) is 14.3. The SMILES string of the molecule is COc1cccc(NC(C)Cn2ccnc2)c1[N+](=O)[O-]. The molecule has 1 heterocycles. The molecule has 0 aliphatic carbocycles. The number of aromatic nitrogens is 2. The van der Waals surface area contributed by atoms with Crippen molar-refractivity contribution in [1.82, 2.24) is 9.55 Å². The summed E-state index contributed by atoms with van der Waals surface area (Å²) in [6.07, 6.45) is 5.25. The van der Waals surface area contributed by atoms with Crippen LogP contribution in [-0.4, -0.2) is 27.6 Å². The summed E-state index contributed by atoms with van der Waals surface area (Å²) < 4.78 is 6.94. The number of imidazole rings is 1. The third-order valence-electron chi connectivity index (χ3n) is 2.85. The maximum atomic E-state index is 11.2. The molecule has 1 aromatic carbocycles. The Morgan fingerprint density at radius 2 is 2.35 bits per heavy atom. The van der Waals surface area contributed by atoms with Crippen molar-refractivity contribution in [2.24, 2.45) is 0 Å². The summed E-state index contributed by atoms with van der Waals surface area (Å²) in [6.45, 7) is 2.61. The van der Waals surface area contributed by atoms with Crippen molar-refractivity contribution in [1.29, 1.82) is 0 Å². The van der Waals surface area contributed by atoms with E-state index in [1.807, 2.05) is 17.7 Å². The molecule has 2 aromatic rings. The molecule has 7 nitrogen and oxygen atoms in total. The number of nitro benzene ring substituents is 1. The highest BCUT2D eigenvalue weighted by Gasteiger charge is 2.21. The normalized spacial score (nSPS) is 11.9. The second kappa shape index (κ2) is 6.05. The summed E-state index contributed by atoms with van der Waals surface area (Å²) >= 11 is 0. The smallest absolute Gasteiger partial charge is 0.333 e. The average Bonchev–Trinajstić information content (AvgIpc) is 2.90. The molecule has 2 rings (SSSR count). The van der Waals surface area contributed by atoms with E-state index >= 15 is 0 Å². The fourth-order valence-corrected chi connectivity index (χ4v) is 2.01. The molecular formula is C13H16N4O3. The van der Waals surface area contributed by atoms with Gasteiger partial charge in [0.05, 0.1) is 18.4 Å². The van der Waals surface area contributed by atoms with Gasteiger partial charge in [0.1, 0.15) is 5.69 Å². The van der Waals surface area contributed by atoms with Crippen molar-refractivity contribution in [2.45, 2.75) is 19.5 Å². The van der Waals surface area contributed by atoms with Gasteiger partial charge in [0, 0.05) is 25.0 Å². The molecule has 20 heavy (non-hydrogen) atoms. The number of nitrogens with one attached hydrogen (secondary N) is 1. The Bertz CT molecular complexity index is 583. The molecule has 0 spiro atoms. The summed E-state index contributed by atoms with van der Waals surface area (Å²) in [5.41, 5.74) is 0.398. The van der Waals surface area contributed by atoms with E-state index in [0.717, 1.165) is 0 Å². The van der Waals surface area contributed by atoms with Crippen molar-refractivity contribution in [3.63, 3.8) is 0 Å². The zero-order valence-electron chi connectivity index (χ0n) is 11.3. The molecule has 0 bridgehead atoms. The molecule has 1 atom stereocenters. The quantitative estimate of drug-likeness (QED) is 0.646. The third kappa shape index (κ3) is 3.05. The Morgan fingerprint density at radius 1 is 1.55 bits per heavy atom. The summed E-state index contributed by atoms with van der Waals surface area (Å²) in [5.74, 6) is 0.245. The van der Waals surface area contributed by atoms with Crippen LogP contribution >= 0.6 is 0 Å². The molecule has 7 heteroatoms. The minimum Gasteiger partial charge on any atom is -0.490 e. The maximum absolute atomic E-state index is 11.2. The highest BCUT2D eigenvalue weighted by Crippen LogP contribution is 2.34. The van der Waals surface area contributed by atoms with Crippen LogP contribution in [0.15, 0.2) is 36.9 Å². The van der Waals surface area contributed by atoms with Crippen molar-refractivity contribution >= 4 is 11.4 Å². The van der Waals surface area contributed by atoms with E-state index in [1.165, 1.54) is 7.11 Å². The van der Waals surface area contributed by atoms with Gasteiger partial charge >= 0.3 is 5.69 Å². The lowest BCUT2D eigenvalue weighted by Crippen LogP contribution is -2.21. The summed E-state index contributed by atoms with van der Waals surface area (Å²) in [6, 6.07) is 4.97. The van der Waals surface area contributed by atoms with Crippen molar-refractivity contribution in [3.05, 3.63) is 47.0 Å². The van der Waals surface area contributed by atoms with E-state index in [-0.39, 0.29) is 17.5 Å². The molecule has 1 N–H and O–H groups in total. The van der Waals surface area contributed by atoms with E-state index in [2.05, 4.69) is 10.3 Å². The molecule has 0 amide bonds. The number of nitrogens with zero attached hydrogens (tertiary/aromatic N) is 3. The first-order valence-corrected chi connectivity index (χ1v) is 6.15. The first-order valence-electron chi connectivity index (χ1n) is 6.15. The fourth-order valence-electron chi connectivity index (χ4n) is 2.01. The van der Waals surface area contributed by atoms with Gasteiger partial charge in [0.25, 0.3) is 0 Å². The van der Waals surface area contributed by atoms with Gasteiger partial charge in [0.15, 0.2) is 5.75 Å². The van der Waals surface area contributed by atoms with Gasteiger partial charge in [-0.05, 0) is 19.1 Å². The van der Waals surface area contributed by atoms with Gasteiger partial charge in [-0.3, -0.25) is 10.1 Å². The molecule has 0 fully saturated rings. The van der Waals surface area contributed by atoms with Gasteiger partial charge in [-0.1, -0.05) is 6.07 Å². The number of hydrogen-bond donors (Lipinski definition) is 1. The number of rotatable bonds is 6. The van der Waals surface area contributed by atoms with Crippen LogP contribution in [-0.2, 0) is 6.54 Å². The predicted molar refractivity (Wildman–Crippen MR) is 75.0 cm³/mol. The Hall–Kier alpha value is -2.57. The molecular weight excluding hydrogens is 260 g/mol. The number of nitro groups is 1. The molecule has 0 radical (unpaired) electrons. The number of para-hydroxylation sites is 1. The van der Waals surface area contributed by atoms with Gasteiger partial charge in [-0.15, -0.1) is 0 Å². The lowest BCUT2D eigenvalue weighted by atomic mass is 10.2. The van der Waals surface area contributed by atoms with E-state index < -0.39 is 4.92 Å².